The SMILES string of the molecule is COc1ccc(-c2ccc(OCc3ccccc3)c(F)c2)cc1C1=C(Nc2cccc(C#N)c2)C(=O)NC1=O. The minimum atomic E-state index is -0.615. The monoisotopic (exact) mass is 519 g/mol. The topological polar surface area (TPSA) is 100 Å². The summed E-state index contributed by atoms with van der Waals surface area (Å²) in [4.78, 5) is 25.6. The third-order valence-corrected chi connectivity index (χ3v) is 6.16. The lowest BCUT2D eigenvalue weighted by Gasteiger charge is -2.14. The third-order valence-electron chi connectivity index (χ3n) is 6.16. The molecule has 39 heavy (non-hydrogen) atoms. The number of amides is 2. The van der Waals surface area contributed by atoms with Crippen molar-refractivity contribution in [1.82, 2.24) is 5.32 Å². The van der Waals surface area contributed by atoms with Crippen molar-refractivity contribution in [3.63, 3.8) is 0 Å². The number of benzene rings is 4. The molecule has 0 aliphatic carbocycles. The molecular weight excluding hydrogens is 497 g/mol. The molecule has 2 amide bonds. The molecule has 4 aromatic carbocycles. The standard InChI is InChI=1S/C31H22FN3O4/c1-38-26-12-10-21(22-11-13-27(25(32)16-22)39-18-19-6-3-2-4-7-19)15-24(26)28-29(31(37)35-30(28)36)34-23-9-5-8-20(14-23)17-33/h2-16H,18H2,1H3,(H2,34,35,36,37). The number of hydrogen-bond acceptors (Lipinski definition) is 6. The Kier molecular flexibility index (Phi) is 7.06. The fourth-order valence-corrected chi connectivity index (χ4v) is 4.26. The largest absolute Gasteiger partial charge is 0.496 e. The quantitative estimate of drug-likeness (QED) is 0.301. The van der Waals surface area contributed by atoms with Gasteiger partial charge in [-0.3, -0.25) is 14.9 Å². The maximum atomic E-state index is 15.0. The molecule has 1 aliphatic heterocycles. The van der Waals surface area contributed by atoms with Gasteiger partial charge in [0.2, 0.25) is 0 Å². The molecule has 0 fully saturated rings. The normalized spacial score (nSPS) is 12.6. The lowest BCUT2D eigenvalue weighted by Crippen LogP contribution is -2.24. The molecule has 0 spiro atoms. The summed E-state index contributed by atoms with van der Waals surface area (Å²) < 4.78 is 26.1. The first-order valence-corrected chi connectivity index (χ1v) is 12.0. The second-order valence-corrected chi connectivity index (χ2v) is 8.69. The van der Waals surface area contributed by atoms with E-state index < -0.39 is 17.6 Å². The molecule has 2 N–H and O–H groups in total. The number of ether oxygens (including phenoxy) is 2. The average Bonchev–Trinajstić information content (AvgIpc) is 3.24. The molecule has 0 saturated heterocycles. The van der Waals surface area contributed by atoms with Gasteiger partial charge in [0.25, 0.3) is 11.8 Å². The summed E-state index contributed by atoms with van der Waals surface area (Å²) in [6.07, 6.45) is 0. The van der Waals surface area contributed by atoms with Crippen LogP contribution in [0.15, 0.2) is 96.7 Å². The number of anilines is 1. The molecule has 4 aromatic rings. The molecule has 0 saturated carbocycles. The molecule has 0 bridgehead atoms. The highest BCUT2D eigenvalue weighted by atomic mass is 19.1. The highest BCUT2D eigenvalue weighted by Crippen LogP contribution is 2.36. The van der Waals surface area contributed by atoms with E-state index in [-0.39, 0.29) is 23.6 Å². The number of hydrogen-bond donors (Lipinski definition) is 2. The van der Waals surface area contributed by atoms with E-state index in [0.717, 1.165) is 5.56 Å². The predicted molar refractivity (Wildman–Crippen MR) is 144 cm³/mol. The molecule has 0 unspecified atom stereocenters. The molecule has 192 valence electrons. The van der Waals surface area contributed by atoms with Crippen LogP contribution in [0.2, 0.25) is 0 Å². The first-order valence-electron chi connectivity index (χ1n) is 12.0. The molecule has 1 aliphatic rings. The van der Waals surface area contributed by atoms with E-state index in [4.69, 9.17) is 9.47 Å². The summed E-state index contributed by atoms with van der Waals surface area (Å²) in [5.74, 6) is -1.28. The van der Waals surface area contributed by atoms with Crippen molar-refractivity contribution in [2.75, 3.05) is 12.4 Å². The van der Waals surface area contributed by atoms with Crippen molar-refractivity contribution in [2.45, 2.75) is 6.61 Å². The molecule has 7 nitrogen and oxygen atoms in total. The summed E-state index contributed by atoms with van der Waals surface area (Å²) in [6.45, 7) is 0.230. The number of nitriles is 1. The molecule has 8 heteroatoms. The van der Waals surface area contributed by atoms with Crippen LogP contribution < -0.4 is 20.1 Å². The Morgan fingerprint density at radius 1 is 0.872 bits per heavy atom. The number of methoxy groups -OCH3 is 1. The van der Waals surface area contributed by atoms with Crippen molar-refractivity contribution in [3.8, 4) is 28.7 Å². The van der Waals surface area contributed by atoms with Crippen LogP contribution in [-0.4, -0.2) is 18.9 Å². The summed E-state index contributed by atoms with van der Waals surface area (Å²) in [5.41, 5.74) is 3.37. The van der Waals surface area contributed by atoms with E-state index in [2.05, 4.69) is 10.6 Å². The Hall–Kier alpha value is -5.42. The Morgan fingerprint density at radius 3 is 2.33 bits per heavy atom. The van der Waals surface area contributed by atoms with Gasteiger partial charge in [0.05, 0.1) is 24.3 Å². The second kappa shape index (κ2) is 10.9. The molecule has 5 rings (SSSR count). The van der Waals surface area contributed by atoms with Gasteiger partial charge < -0.3 is 14.8 Å². The number of nitrogens with one attached hydrogen (secondary N) is 2. The van der Waals surface area contributed by atoms with Gasteiger partial charge in [-0.1, -0.05) is 48.5 Å². The van der Waals surface area contributed by atoms with Crippen LogP contribution in [0.1, 0.15) is 16.7 Å². The van der Waals surface area contributed by atoms with Gasteiger partial charge in [-0.25, -0.2) is 4.39 Å². The Labute approximate surface area is 224 Å². The molecular formula is C31H22FN3O4. The predicted octanol–water partition coefficient (Wildman–Crippen LogP) is 5.43. The zero-order valence-corrected chi connectivity index (χ0v) is 20.8. The van der Waals surface area contributed by atoms with Gasteiger partial charge in [0, 0.05) is 11.3 Å². The number of rotatable bonds is 8. The fraction of sp³-hybridized carbons (Fsp3) is 0.0645. The van der Waals surface area contributed by atoms with E-state index in [1.54, 1.807) is 54.6 Å². The Morgan fingerprint density at radius 2 is 1.62 bits per heavy atom. The molecule has 1 heterocycles. The highest BCUT2D eigenvalue weighted by molar-refractivity contribution is 6.37. The van der Waals surface area contributed by atoms with E-state index in [0.29, 0.717) is 33.7 Å². The van der Waals surface area contributed by atoms with Gasteiger partial charge in [0.1, 0.15) is 18.1 Å². The van der Waals surface area contributed by atoms with E-state index in [1.807, 2.05) is 36.4 Å². The van der Waals surface area contributed by atoms with Gasteiger partial charge in [0.15, 0.2) is 11.6 Å². The van der Waals surface area contributed by atoms with Gasteiger partial charge >= 0.3 is 0 Å². The van der Waals surface area contributed by atoms with Gasteiger partial charge in [-0.2, -0.15) is 5.26 Å². The van der Waals surface area contributed by atoms with Crippen molar-refractivity contribution in [3.05, 3.63) is 119 Å². The third kappa shape index (κ3) is 5.33. The van der Waals surface area contributed by atoms with Gasteiger partial charge in [-0.15, -0.1) is 0 Å². The van der Waals surface area contributed by atoms with Crippen LogP contribution in [0, 0.1) is 17.1 Å². The summed E-state index contributed by atoms with van der Waals surface area (Å²) in [6, 6.07) is 27.7. The van der Waals surface area contributed by atoms with Crippen LogP contribution in [0.3, 0.4) is 0 Å². The first-order chi connectivity index (χ1) is 19.0. The fourth-order valence-electron chi connectivity index (χ4n) is 4.26. The zero-order valence-electron chi connectivity index (χ0n) is 20.8. The van der Waals surface area contributed by atoms with E-state index in [1.165, 1.54) is 13.2 Å². The van der Waals surface area contributed by atoms with Crippen molar-refractivity contribution in [1.29, 1.82) is 5.26 Å². The number of imide groups is 1. The van der Waals surface area contributed by atoms with Crippen LogP contribution >= 0.6 is 0 Å². The molecule has 0 atom stereocenters. The summed E-state index contributed by atoms with van der Waals surface area (Å²) in [5, 5.41) is 14.5. The maximum absolute atomic E-state index is 15.0. The molecule has 0 aromatic heterocycles. The summed E-state index contributed by atoms with van der Waals surface area (Å²) >= 11 is 0. The number of nitrogens with zero attached hydrogens (tertiary/aromatic N) is 1. The lowest BCUT2D eigenvalue weighted by atomic mass is 9.97. The minimum absolute atomic E-state index is 0.0152. The maximum Gasteiger partial charge on any atom is 0.275 e. The Bertz CT molecular complexity index is 1660. The first kappa shape index (κ1) is 25.2. The van der Waals surface area contributed by atoms with Crippen molar-refractivity contribution >= 4 is 23.1 Å². The minimum Gasteiger partial charge on any atom is -0.496 e. The highest BCUT2D eigenvalue weighted by Gasteiger charge is 2.33. The van der Waals surface area contributed by atoms with E-state index in [9.17, 15) is 19.2 Å². The van der Waals surface area contributed by atoms with Crippen LogP contribution in [0.5, 0.6) is 11.5 Å². The Balaban J connectivity index is 1.49. The van der Waals surface area contributed by atoms with Gasteiger partial charge in [-0.05, 0) is 59.2 Å². The van der Waals surface area contributed by atoms with Crippen molar-refractivity contribution in [2.24, 2.45) is 0 Å². The second-order valence-electron chi connectivity index (χ2n) is 8.69. The lowest BCUT2D eigenvalue weighted by molar-refractivity contribution is -0.123. The number of carbonyl (C=O) groups excluding carboxylic acids is 2. The average molecular weight is 520 g/mol. The number of carbonyl (C=O) groups is 2. The van der Waals surface area contributed by atoms with E-state index >= 15 is 0 Å². The van der Waals surface area contributed by atoms with Crippen LogP contribution in [0.25, 0.3) is 16.7 Å². The van der Waals surface area contributed by atoms with Crippen molar-refractivity contribution < 1.29 is 23.5 Å². The smallest absolute Gasteiger partial charge is 0.275 e. The number of halogens is 1. The van der Waals surface area contributed by atoms with Crippen LogP contribution in [0.4, 0.5) is 10.1 Å². The van der Waals surface area contributed by atoms with Crippen LogP contribution in [-0.2, 0) is 16.2 Å². The molecule has 0 radical (unpaired) electrons. The summed E-state index contributed by atoms with van der Waals surface area (Å²) in [7, 11) is 1.45. The zero-order chi connectivity index (χ0) is 27.4.